The Morgan fingerprint density at radius 2 is 1.60 bits per heavy atom. The maximum atomic E-state index is 12.4. The van der Waals surface area contributed by atoms with Crippen LogP contribution < -0.4 is 5.32 Å². The van der Waals surface area contributed by atoms with E-state index in [2.05, 4.69) is 17.4 Å². The smallest absolute Gasteiger partial charge is 0.179 e. The Morgan fingerprint density at radius 1 is 0.900 bits per heavy atom. The van der Waals surface area contributed by atoms with Gasteiger partial charge in [0.2, 0.25) is 0 Å². The minimum atomic E-state index is 0.0456. The average molecular weight is 271 g/mol. The second-order valence-corrected chi connectivity index (χ2v) is 6.32. The van der Waals surface area contributed by atoms with Crippen LogP contribution in [-0.4, -0.2) is 18.4 Å². The van der Waals surface area contributed by atoms with Crippen molar-refractivity contribution in [1.82, 2.24) is 5.32 Å². The zero-order valence-corrected chi connectivity index (χ0v) is 12.2. The molecule has 0 bridgehead atoms. The van der Waals surface area contributed by atoms with Crippen molar-refractivity contribution in [1.29, 1.82) is 0 Å². The SMILES string of the molecule is O=C(c1ccc(C2CCCCC2)cc1)C1CCCCN1. The fourth-order valence-electron chi connectivity index (χ4n) is 3.63. The number of benzene rings is 1. The lowest BCUT2D eigenvalue weighted by atomic mass is 9.83. The molecule has 1 atom stereocenters. The highest BCUT2D eigenvalue weighted by atomic mass is 16.1. The van der Waals surface area contributed by atoms with E-state index in [-0.39, 0.29) is 11.8 Å². The molecule has 1 aromatic rings. The van der Waals surface area contributed by atoms with Crippen molar-refractivity contribution in [3.63, 3.8) is 0 Å². The van der Waals surface area contributed by atoms with Gasteiger partial charge in [-0.05, 0) is 43.7 Å². The molecule has 2 heteroatoms. The van der Waals surface area contributed by atoms with Gasteiger partial charge in [-0.3, -0.25) is 4.79 Å². The molecular weight excluding hydrogens is 246 g/mol. The lowest BCUT2D eigenvalue weighted by Crippen LogP contribution is -2.40. The largest absolute Gasteiger partial charge is 0.307 e. The summed E-state index contributed by atoms with van der Waals surface area (Å²) in [7, 11) is 0. The van der Waals surface area contributed by atoms with E-state index in [1.165, 1.54) is 50.5 Å². The second kappa shape index (κ2) is 6.53. The van der Waals surface area contributed by atoms with Crippen molar-refractivity contribution in [3.05, 3.63) is 35.4 Å². The van der Waals surface area contributed by atoms with Gasteiger partial charge in [-0.2, -0.15) is 0 Å². The summed E-state index contributed by atoms with van der Waals surface area (Å²) in [5, 5.41) is 3.35. The first-order valence-corrected chi connectivity index (χ1v) is 8.22. The number of carbonyl (C=O) groups is 1. The van der Waals surface area contributed by atoms with Crippen LogP contribution in [0.3, 0.4) is 0 Å². The van der Waals surface area contributed by atoms with Crippen molar-refractivity contribution in [2.24, 2.45) is 0 Å². The van der Waals surface area contributed by atoms with Gasteiger partial charge in [0.15, 0.2) is 5.78 Å². The van der Waals surface area contributed by atoms with E-state index in [9.17, 15) is 4.79 Å². The molecule has 2 aliphatic rings. The molecule has 1 aliphatic heterocycles. The molecule has 3 rings (SSSR count). The van der Waals surface area contributed by atoms with Crippen LogP contribution in [0.4, 0.5) is 0 Å². The highest BCUT2D eigenvalue weighted by Crippen LogP contribution is 2.32. The molecule has 1 saturated heterocycles. The molecule has 1 aliphatic carbocycles. The highest BCUT2D eigenvalue weighted by Gasteiger charge is 2.22. The first-order chi connectivity index (χ1) is 9.84. The van der Waals surface area contributed by atoms with Crippen molar-refractivity contribution < 1.29 is 4.79 Å². The third kappa shape index (κ3) is 3.12. The van der Waals surface area contributed by atoms with E-state index in [0.29, 0.717) is 0 Å². The molecule has 2 fully saturated rings. The van der Waals surface area contributed by atoms with E-state index < -0.39 is 0 Å². The monoisotopic (exact) mass is 271 g/mol. The van der Waals surface area contributed by atoms with Crippen LogP contribution in [0.2, 0.25) is 0 Å². The first kappa shape index (κ1) is 13.8. The van der Waals surface area contributed by atoms with Crippen molar-refractivity contribution in [2.75, 3.05) is 6.54 Å². The summed E-state index contributed by atoms with van der Waals surface area (Å²) in [5.74, 6) is 1.00. The molecule has 1 unspecified atom stereocenters. The van der Waals surface area contributed by atoms with E-state index >= 15 is 0 Å². The average Bonchev–Trinajstić information content (AvgIpc) is 2.56. The Bertz CT molecular complexity index is 439. The molecule has 20 heavy (non-hydrogen) atoms. The maximum Gasteiger partial charge on any atom is 0.179 e. The zero-order valence-electron chi connectivity index (χ0n) is 12.2. The third-order valence-corrected chi connectivity index (χ3v) is 4.90. The van der Waals surface area contributed by atoms with Gasteiger partial charge in [0.05, 0.1) is 6.04 Å². The van der Waals surface area contributed by atoms with Crippen molar-refractivity contribution in [3.8, 4) is 0 Å². The maximum absolute atomic E-state index is 12.4. The van der Waals surface area contributed by atoms with Crippen LogP contribution in [-0.2, 0) is 0 Å². The fraction of sp³-hybridized carbons (Fsp3) is 0.611. The molecular formula is C18H25NO. The van der Waals surface area contributed by atoms with Crippen LogP contribution in [0.25, 0.3) is 0 Å². The summed E-state index contributed by atoms with van der Waals surface area (Å²) < 4.78 is 0. The normalized spacial score (nSPS) is 24.5. The third-order valence-electron chi connectivity index (χ3n) is 4.90. The number of ketones is 1. The quantitative estimate of drug-likeness (QED) is 0.840. The molecule has 0 amide bonds. The predicted octanol–water partition coefficient (Wildman–Crippen LogP) is 4.06. The van der Waals surface area contributed by atoms with Crippen LogP contribution in [0.1, 0.15) is 73.2 Å². The number of Topliss-reactive ketones (excluding diaryl/α,β-unsaturated/α-hetero) is 1. The molecule has 1 saturated carbocycles. The standard InChI is InChI=1S/C18H25NO/c20-18(17-8-4-5-13-19-17)16-11-9-15(10-12-16)14-6-2-1-3-7-14/h9-12,14,17,19H,1-8,13H2. The van der Waals surface area contributed by atoms with Crippen molar-refractivity contribution >= 4 is 5.78 Å². The number of nitrogens with one attached hydrogen (secondary N) is 1. The van der Waals surface area contributed by atoms with E-state index in [1.807, 2.05) is 12.1 Å². The molecule has 1 heterocycles. The molecule has 1 N–H and O–H groups in total. The van der Waals surface area contributed by atoms with Crippen LogP contribution >= 0.6 is 0 Å². The molecule has 2 nitrogen and oxygen atoms in total. The minimum absolute atomic E-state index is 0.0456. The summed E-state index contributed by atoms with van der Waals surface area (Å²) in [6.45, 7) is 0.983. The lowest BCUT2D eigenvalue weighted by Gasteiger charge is -2.23. The van der Waals surface area contributed by atoms with Gasteiger partial charge in [0.25, 0.3) is 0 Å². The fourth-order valence-corrected chi connectivity index (χ4v) is 3.63. The molecule has 0 spiro atoms. The number of hydrogen-bond donors (Lipinski definition) is 1. The minimum Gasteiger partial charge on any atom is -0.307 e. The predicted molar refractivity (Wildman–Crippen MR) is 82.2 cm³/mol. The Hall–Kier alpha value is -1.15. The summed E-state index contributed by atoms with van der Waals surface area (Å²) in [5.41, 5.74) is 2.31. The summed E-state index contributed by atoms with van der Waals surface area (Å²) >= 11 is 0. The summed E-state index contributed by atoms with van der Waals surface area (Å²) in [6, 6.07) is 8.51. The van der Waals surface area contributed by atoms with Gasteiger partial charge in [0.1, 0.15) is 0 Å². The van der Waals surface area contributed by atoms with E-state index in [0.717, 1.165) is 24.4 Å². The number of piperidine rings is 1. The molecule has 1 aromatic carbocycles. The lowest BCUT2D eigenvalue weighted by molar-refractivity contribution is 0.0927. The summed E-state index contributed by atoms with van der Waals surface area (Å²) in [4.78, 5) is 12.4. The molecule has 0 radical (unpaired) electrons. The number of carbonyl (C=O) groups excluding carboxylic acids is 1. The Balaban J connectivity index is 1.67. The van der Waals surface area contributed by atoms with Crippen LogP contribution in [0.15, 0.2) is 24.3 Å². The van der Waals surface area contributed by atoms with Crippen molar-refractivity contribution in [2.45, 2.75) is 63.3 Å². The van der Waals surface area contributed by atoms with Crippen LogP contribution in [0, 0.1) is 0 Å². The molecule has 0 aromatic heterocycles. The van der Waals surface area contributed by atoms with Gasteiger partial charge in [-0.1, -0.05) is 49.9 Å². The van der Waals surface area contributed by atoms with Gasteiger partial charge in [-0.25, -0.2) is 0 Å². The van der Waals surface area contributed by atoms with Gasteiger partial charge < -0.3 is 5.32 Å². The highest BCUT2D eigenvalue weighted by molar-refractivity contribution is 6.00. The Labute approximate surface area is 122 Å². The topological polar surface area (TPSA) is 29.1 Å². The Kier molecular flexibility index (Phi) is 4.51. The Morgan fingerprint density at radius 3 is 2.25 bits per heavy atom. The van der Waals surface area contributed by atoms with Gasteiger partial charge >= 0.3 is 0 Å². The number of rotatable bonds is 3. The van der Waals surface area contributed by atoms with Gasteiger partial charge in [-0.15, -0.1) is 0 Å². The first-order valence-electron chi connectivity index (χ1n) is 8.22. The van der Waals surface area contributed by atoms with E-state index in [4.69, 9.17) is 0 Å². The zero-order chi connectivity index (χ0) is 13.8. The number of hydrogen-bond acceptors (Lipinski definition) is 2. The molecule has 108 valence electrons. The van der Waals surface area contributed by atoms with E-state index in [1.54, 1.807) is 0 Å². The summed E-state index contributed by atoms with van der Waals surface area (Å²) in [6.07, 6.45) is 10.1. The van der Waals surface area contributed by atoms with Gasteiger partial charge in [0, 0.05) is 5.56 Å². The second-order valence-electron chi connectivity index (χ2n) is 6.32. The van der Waals surface area contributed by atoms with Crippen LogP contribution in [0.5, 0.6) is 0 Å².